The average Bonchev–Trinajstić information content (AvgIpc) is 2.65. The minimum Gasteiger partial charge on any atom is -0.349 e. The number of carbonyl (C=O) groups excluding carboxylic acids is 1. The first-order valence-corrected chi connectivity index (χ1v) is 6.52. The van der Waals surface area contributed by atoms with Crippen LogP contribution in [0.5, 0.6) is 0 Å². The highest BCUT2D eigenvalue weighted by atomic mass is 35.5. The summed E-state index contributed by atoms with van der Waals surface area (Å²) in [4.78, 5) is 12.6. The van der Waals surface area contributed by atoms with Gasteiger partial charge in [0.25, 0.3) is 0 Å². The lowest BCUT2D eigenvalue weighted by Crippen LogP contribution is -2.26. The fraction of sp³-hybridized carbons (Fsp3) is 0.545. The van der Waals surface area contributed by atoms with Gasteiger partial charge in [0.1, 0.15) is 0 Å². The van der Waals surface area contributed by atoms with Crippen LogP contribution in [0.15, 0.2) is 12.1 Å². The highest BCUT2D eigenvalue weighted by Gasteiger charge is 2.10. The molecule has 1 heterocycles. The molecule has 0 spiro atoms. The van der Waals surface area contributed by atoms with Crippen molar-refractivity contribution in [2.24, 2.45) is 0 Å². The van der Waals surface area contributed by atoms with Gasteiger partial charge in [0.15, 0.2) is 0 Å². The molecule has 5 heteroatoms. The van der Waals surface area contributed by atoms with Crippen LogP contribution < -0.4 is 10.6 Å². The molecular weight excluding hydrogens is 244 g/mol. The predicted molar refractivity (Wildman–Crippen MR) is 69.0 cm³/mol. The van der Waals surface area contributed by atoms with E-state index in [-0.39, 0.29) is 11.9 Å². The summed E-state index contributed by atoms with van der Waals surface area (Å²) in [5.41, 5.74) is 0. The Morgan fingerprint density at radius 1 is 1.56 bits per heavy atom. The first kappa shape index (κ1) is 13.5. The Balaban J connectivity index is 2.33. The molecule has 1 amide bonds. The van der Waals surface area contributed by atoms with Crippen LogP contribution >= 0.6 is 22.9 Å². The molecule has 0 aliphatic rings. The first-order valence-electron chi connectivity index (χ1n) is 5.32. The molecule has 1 rings (SSSR count). The molecule has 0 aliphatic heterocycles. The number of carbonyl (C=O) groups is 1. The summed E-state index contributed by atoms with van der Waals surface area (Å²) in [6, 6.07) is 3.84. The summed E-state index contributed by atoms with van der Waals surface area (Å²) < 4.78 is 0.756. The van der Waals surface area contributed by atoms with Crippen LogP contribution in [0.3, 0.4) is 0 Å². The lowest BCUT2D eigenvalue weighted by atomic mass is 10.2. The molecule has 0 saturated carbocycles. The monoisotopic (exact) mass is 260 g/mol. The van der Waals surface area contributed by atoms with Crippen molar-refractivity contribution < 1.29 is 4.79 Å². The van der Waals surface area contributed by atoms with Crippen molar-refractivity contribution in [2.75, 3.05) is 13.6 Å². The summed E-state index contributed by atoms with van der Waals surface area (Å²) >= 11 is 7.35. The molecule has 2 N–H and O–H groups in total. The molecule has 1 unspecified atom stereocenters. The van der Waals surface area contributed by atoms with Crippen LogP contribution in [0.2, 0.25) is 4.34 Å². The number of hydrogen-bond acceptors (Lipinski definition) is 3. The van der Waals surface area contributed by atoms with Crippen LogP contribution in [0.25, 0.3) is 0 Å². The van der Waals surface area contributed by atoms with Crippen LogP contribution in [0, 0.1) is 0 Å². The van der Waals surface area contributed by atoms with Gasteiger partial charge in [0.05, 0.1) is 10.4 Å². The Labute approximate surface area is 105 Å². The average molecular weight is 261 g/mol. The Hall–Kier alpha value is -0.580. The highest BCUT2D eigenvalue weighted by Crippen LogP contribution is 2.26. The Morgan fingerprint density at radius 3 is 2.88 bits per heavy atom. The molecular formula is C11H17ClN2OS. The van der Waals surface area contributed by atoms with E-state index in [0.717, 1.165) is 22.2 Å². The van der Waals surface area contributed by atoms with Gasteiger partial charge in [0, 0.05) is 11.3 Å². The quantitative estimate of drug-likeness (QED) is 0.772. The molecule has 1 aromatic rings. The van der Waals surface area contributed by atoms with E-state index in [2.05, 4.69) is 10.6 Å². The van der Waals surface area contributed by atoms with Gasteiger partial charge in [-0.15, -0.1) is 11.3 Å². The summed E-state index contributed by atoms with van der Waals surface area (Å²) in [6.45, 7) is 2.84. The molecule has 0 aliphatic carbocycles. The van der Waals surface area contributed by atoms with Crippen molar-refractivity contribution in [1.82, 2.24) is 10.6 Å². The number of halogens is 1. The number of rotatable bonds is 6. The van der Waals surface area contributed by atoms with Gasteiger partial charge in [-0.25, -0.2) is 0 Å². The first-order chi connectivity index (χ1) is 7.63. The lowest BCUT2D eigenvalue weighted by Gasteiger charge is -2.11. The van der Waals surface area contributed by atoms with Gasteiger partial charge in [-0.2, -0.15) is 0 Å². The number of thiophene rings is 1. The smallest absolute Gasteiger partial charge is 0.220 e. The van der Waals surface area contributed by atoms with E-state index in [1.807, 2.05) is 26.1 Å². The van der Waals surface area contributed by atoms with Crippen molar-refractivity contribution in [3.63, 3.8) is 0 Å². The van der Waals surface area contributed by atoms with E-state index < -0.39 is 0 Å². The highest BCUT2D eigenvalue weighted by molar-refractivity contribution is 7.16. The maximum Gasteiger partial charge on any atom is 0.220 e. The van der Waals surface area contributed by atoms with E-state index in [4.69, 9.17) is 11.6 Å². The molecule has 0 saturated heterocycles. The second-order valence-electron chi connectivity index (χ2n) is 3.64. The van der Waals surface area contributed by atoms with Gasteiger partial charge >= 0.3 is 0 Å². The molecule has 3 nitrogen and oxygen atoms in total. The van der Waals surface area contributed by atoms with Gasteiger partial charge in [0.2, 0.25) is 5.91 Å². The van der Waals surface area contributed by atoms with E-state index >= 15 is 0 Å². The molecule has 0 radical (unpaired) electrons. The SMILES string of the molecule is CNCCCC(=O)NC(C)c1ccc(Cl)s1. The third-order valence-corrected chi connectivity index (χ3v) is 3.64. The van der Waals surface area contributed by atoms with Crippen LogP contribution in [-0.2, 0) is 4.79 Å². The largest absolute Gasteiger partial charge is 0.349 e. The van der Waals surface area contributed by atoms with Crippen molar-refractivity contribution in [3.8, 4) is 0 Å². The van der Waals surface area contributed by atoms with Crippen LogP contribution in [-0.4, -0.2) is 19.5 Å². The Bertz CT molecular complexity index is 340. The van der Waals surface area contributed by atoms with Gasteiger partial charge in [-0.05, 0) is 39.1 Å². The van der Waals surface area contributed by atoms with E-state index in [1.54, 1.807) is 0 Å². The number of amides is 1. The van der Waals surface area contributed by atoms with E-state index in [1.165, 1.54) is 11.3 Å². The third kappa shape index (κ3) is 4.51. The summed E-state index contributed by atoms with van der Waals surface area (Å²) in [5, 5.41) is 5.97. The maximum absolute atomic E-state index is 11.5. The van der Waals surface area contributed by atoms with Crippen LogP contribution in [0.4, 0.5) is 0 Å². The standard InChI is InChI=1S/C11H17ClN2OS/c1-8(9-5-6-10(12)16-9)14-11(15)4-3-7-13-2/h5-6,8,13H,3-4,7H2,1-2H3,(H,14,15). The summed E-state index contributed by atoms with van der Waals surface area (Å²) in [7, 11) is 1.88. The van der Waals surface area contributed by atoms with Crippen molar-refractivity contribution in [3.05, 3.63) is 21.3 Å². The lowest BCUT2D eigenvalue weighted by molar-refractivity contribution is -0.121. The number of hydrogen-bond donors (Lipinski definition) is 2. The van der Waals surface area contributed by atoms with Gasteiger partial charge in [-0.1, -0.05) is 11.6 Å². The Morgan fingerprint density at radius 2 is 2.31 bits per heavy atom. The normalized spacial score (nSPS) is 12.4. The second-order valence-corrected chi connectivity index (χ2v) is 5.38. The zero-order valence-corrected chi connectivity index (χ0v) is 11.1. The fourth-order valence-corrected chi connectivity index (χ4v) is 2.43. The minimum absolute atomic E-state index is 0.0413. The van der Waals surface area contributed by atoms with E-state index in [9.17, 15) is 4.79 Å². The molecule has 1 aromatic heterocycles. The fourth-order valence-electron chi connectivity index (χ4n) is 1.37. The van der Waals surface area contributed by atoms with E-state index in [0.29, 0.717) is 6.42 Å². The molecule has 0 aromatic carbocycles. The summed E-state index contributed by atoms with van der Waals surface area (Å²) in [6.07, 6.45) is 1.42. The van der Waals surface area contributed by atoms with Crippen molar-refractivity contribution in [1.29, 1.82) is 0 Å². The molecule has 1 atom stereocenters. The van der Waals surface area contributed by atoms with Gasteiger partial charge < -0.3 is 10.6 Å². The zero-order chi connectivity index (χ0) is 12.0. The topological polar surface area (TPSA) is 41.1 Å². The predicted octanol–water partition coefficient (Wildman–Crippen LogP) is 2.58. The molecule has 0 bridgehead atoms. The number of nitrogens with one attached hydrogen (secondary N) is 2. The molecule has 0 fully saturated rings. The molecule has 90 valence electrons. The maximum atomic E-state index is 11.5. The molecule has 16 heavy (non-hydrogen) atoms. The minimum atomic E-state index is 0.0413. The van der Waals surface area contributed by atoms with Crippen molar-refractivity contribution in [2.45, 2.75) is 25.8 Å². The Kier molecular flexibility index (Phi) is 5.80. The van der Waals surface area contributed by atoms with Crippen LogP contribution in [0.1, 0.15) is 30.7 Å². The zero-order valence-electron chi connectivity index (χ0n) is 9.55. The van der Waals surface area contributed by atoms with Crippen molar-refractivity contribution >= 4 is 28.8 Å². The third-order valence-electron chi connectivity index (χ3n) is 2.23. The summed E-state index contributed by atoms with van der Waals surface area (Å²) in [5.74, 6) is 0.0901. The van der Waals surface area contributed by atoms with Gasteiger partial charge in [-0.3, -0.25) is 4.79 Å². The second kappa shape index (κ2) is 6.89.